The van der Waals surface area contributed by atoms with Gasteiger partial charge >= 0.3 is 0 Å². The van der Waals surface area contributed by atoms with Crippen molar-refractivity contribution in [3.8, 4) is 17.5 Å². The number of likely N-dealkylation sites (N-methyl/N-ethyl adjacent to an activating group) is 1. The van der Waals surface area contributed by atoms with Crippen molar-refractivity contribution in [3.63, 3.8) is 0 Å². The highest BCUT2D eigenvalue weighted by Crippen LogP contribution is 2.26. The van der Waals surface area contributed by atoms with Gasteiger partial charge in [-0.05, 0) is 37.4 Å². The predicted octanol–water partition coefficient (Wildman–Crippen LogP) is 1.000. The molecule has 1 aromatic heterocycles. The molecule has 148 valence electrons. The zero-order valence-electron chi connectivity index (χ0n) is 15.6. The minimum atomic E-state index is -1.51. The van der Waals surface area contributed by atoms with E-state index in [2.05, 4.69) is 16.9 Å². The maximum Gasteiger partial charge on any atom is 0.269 e. The number of nitrogens with two attached hydrogens (primary N) is 1. The fourth-order valence-electron chi connectivity index (χ4n) is 3.45. The van der Waals surface area contributed by atoms with Gasteiger partial charge in [-0.25, -0.2) is 9.07 Å². The molecule has 2 atom stereocenters. The summed E-state index contributed by atoms with van der Waals surface area (Å²) in [6.45, 7) is 0.535. The first kappa shape index (κ1) is 19.1. The maximum atomic E-state index is 13.8. The van der Waals surface area contributed by atoms with E-state index < -0.39 is 23.6 Å². The lowest BCUT2D eigenvalue weighted by molar-refractivity contribution is -0.0633. The number of hydrogen-bond acceptors (Lipinski definition) is 5. The fourth-order valence-corrected chi connectivity index (χ4v) is 3.45. The number of rotatable bonds is 2. The third kappa shape index (κ3) is 3.36. The number of nitrogens with zero attached hydrogens (tertiary/aromatic N) is 3. The Balaban J connectivity index is 1.77. The average molecular weight is 394 g/mol. The van der Waals surface area contributed by atoms with Gasteiger partial charge in [-0.3, -0.25) is 9.69 Å². The Labute approximate surface area is 166 Å². The molecule has 8 heteroatoms. The summed E-state index contributed by atoms with van der Waals surface area (Å²) < 4.78 is 15.2. The molecule has 0 bridgehead atoms. The van der Waals surface area contributed by atoms with E-state index in [1.807, 2.05) is 0 Å². The molecule has 0 spiro atoms. The number of aliphatic hydroxyl groups excluding tert-OH is 1. The van der Waals surface area contributed by atoms with Crippen LogP contribution >= 0.6 is 0 Å². The van der Waals surface area contributed by atoms with Crippen molar-refractivity contribution in [1.29, 1.82) is 0 Å². The highest BCUT2D eigenvalue weighted by molar-refractivity contribution is 6.04. The van der Waals surface area contributed by atoms with Crippen molar-refractivity contribution in [2.24, 2.45) is 5.73 Å². The first-order chi connectivity index (χ1) is 13.8. The van der Waals surface area contributed by atoms with Crippen LogP contribution in [0.2, 0.25) is 0 Å². The molecule has 2 heterocycles. The number of aliphatic hydroxyl groups is 2. The summed E-state index contributed by atoms with van der Waals surface area (Å²) in [4.78, 5) is 13.4. The molecule has 0 aliphatic carbocycles. The van der Waals surface area contributed by atoms with E-state index in [-0.39, 0.29) is 5.69 Å². The first-order valence-corrected chi connectivity index (χ1v) is 9.01. The second kappa shape index (κ2) is 6.97. The molecule has 0 saturated carbocycles. The van der Waals surface area contributed by atoms with Crippen LogP contribution in [0.1, 0.15) is 22.5 Å². The van der Waals surface area contributed by atoms with Gasteiger partial charge in [0.15, 0.2) is 11.3 Å². The van der Waals surface area contributed by atoms with Gasteiger partial charge in [-0.2, -0.15) is 5.10 Å². The minimum absolute atomic E-state index is 0.0444. The number of carbonyl (C=O) groups excluding carboxylic acids is 1. The summed E-state index contributed by atoms with van der Waals surface area (Å²) in [6, 6.07) is 10.9. The Bertz CT molecular complexity index is 1180. The molecule has 4 rings (SSSR count). The normalized spacial score (nSPS) is 21.9. The molecule has 7 nitrogen and oxygen atoms in total. The largest absolute Gasteiger partial charge is 0.374 e. The summed E-state index contributed by atoms with van der Waals surface area (Å²) >= 11 is 0. The molecule has 0 radical (unpaired) electrons. The molecule has 3 aromatic rings. The molecular formula is C21H19FN4O3. The summed E-state index contributed by atoms with van der Waals surface area (Å²) in [6.07, 6.45) is -0.725. The third-order valence-electron chi connectivity index (χ3n) is 5.08. The highest BCUT2D eigenvalue weighted by atomic mass is 19.1. The molecule has 2 unspecified atom stereocenters. The molecule has 1 saturated heterocycles. The summed E-state index contributed by atoms with van der Waals surface area (Å²) in [5, 5.41) is 25.3. The molecule has 29 heavy (non-hydrogen) atoms. The number of carbonyl (C=O) groups is 1. The Morgan fingerprint density at radius 3 is 2.83 bits per heavy atom. The molecule has 1 fully saturated rings. The lowest BCUT2D eigenvalue weighted by Crippen LogP contribution is -2.42. The number of amides is 1. The van der Waals surface area contributed by atoms with Gasteiger partial charge in [0.25, 0.3) is 5.91 Å². The standard InChI is InChI=1S/C21H19FN4O3/c1-25-10-9-21(29,20(25)28)8-7-13-3-2-4-15(11-13)26-17-12-14(22)5-6-16(17)18(24-26)19(23)27/h2-6,11-12,20,28-29H,9-10H2,1H3,(H2,23,27). The van der Waals surface area contributed by atoms with E-state index in [0.29, 0.717) is 35.1 Å². The van der Waals surface area contributed by atoms with E-state index >= 15 is 0 Å². The Morgan fingerprint density at radius 2 is 2.14 bits per heavy atom. The molecule has 2 aromatic carbocycles. The predicted molar refractivity (Wildman–Crippen MR) is 105 cm³/mol. The van der Waals surface area contributed by atoms with Gasteiger partial charge in [0.05, 0.1) is 11.2 Å². The van der Waals surface area contributed by atoms with Gasteiger partial charge in [-0.15, -0.1) is 0 Å². The second-order valence-electron chi connectivity index (χ2n) is 7.11. The number of aromatic nitrogens is 2. The lowest BCUT2D eigenvalue weighted by Gasteiger charge is -2.22. The molecule has 1 amide bonds. The molecule has 1 aliphatic rings. The Hall–Kier alpha value is -3.25. The van der Waals surface area contributed by atoms with Crippen LogP contribution in [0.3, 0.4) is 0 Å². The van der Waals surface area contributed by atoms with Crippen LogP contribution in [-0.4, -0.2) is 56.2 Å². The van der Waals surface area contributed by atoms with Crippen LogP contribution in [0.5, 0.6) is 0 Å². The first-order valence-electron chi connectivity index (χ1n) is 9.01. The zero-order valence-corrected chi connectivity index (χ0v) is 15.6. The minimum Gasteiger partial charge on any atom is -0.374 e. The summed E-state index contributed by atoms with van der Waals surface area (Å²) in [5.74, 6) is 4.46. The van der Waals surface area contributed by atoms with Crippen molar-refractivity contribution in [3.05, 3.63) is 59.5 Å². The lowest BCUT2D eigenvalue weighted by atomic mass is 10.0. The van der Waals surface area contributed by atoms with E-state index in [9.17, 15) is 19.4 Å². The molecular weight excluding hydrogens is 375 g/mol. The molecule has 4 N–H and O–H groups in total. The van der Waals surface area contributed by atoms with Crippen LogP contribution in [-0.2, 0) is 0 Å². The van der Waals surface area contributed by atoms with Crippen LogP contribution in [0, 0.1) is 17.7 Å². The average Bonchev–Trinajstić information content (AvgIpc) is 3.20. The van der Waals surface area contributed by atoms with Crippen molar-refractivity contribution in [1.82, 2.24) is 14.7 Å². The highest BCUT2D eigenvalue weighted by Gasteiger charge is 2.42. The van der Waals surface area contributed by atoms with Gasteiger partial charge in [0.1, 0.15) is 12.0 Å². The van der Waals surface area contributed by atoms with Gasteiger partial charge in [-0.1, -0.05) is 17.9 Å². The van der Waals surface area contributed by atoms with Crippen molar-refractivity contribution >= 4 is 16.8 Å². The van der Waals surface area contributed by atoms with Gasteiger partial charge < -0.3 is 15.9 Å². The molecule has 1 aliphatic heterocycles. The van der Waals surface area contributed by atoms with Crippen LogP contribution in [0.25, 0.3) is 16.6 Å². The fraction of sp³-hybridized carbons (Fsp3) is 0.238. The Morgan fingerprint density at radius 1 is 1.34 bits per heavy atom. The number of primary amides is 1. The SMILES string of the molecule is CN1CCC(O)(C#Cc2cccc(-n3nc(C(N)=O)c4ccc(F)cc43)c2)C1O. The van der Waals surface area contributed by atoms with E-state index in [4.69, 9.17) is 5.73 Å². The Kier molecular flexibility index (Phi) is 4.59. The van der Waals surface area contributed by atoms with Crippen LogP contribution in [0.4, 0.5) is 4.39 Å². The van der Waals surface area contributed by atoms with E-state index in [1.54, 1.807) is 36.2 Å². The van der Waals surface area contributed by atoms with Gasteiger partial charge in [0, 0.05) is 30.0 Å². The quantitative estimate of drug-likeness (QED) is 0.563. The van der Waals surface area contributed by atoms with E-state index in [0.717, 1.165) is 0 Å². The van der Waals surface area contributed by atoms with Crippen LogP contribution in [0.15, 0.2) is 42.5 Å². The monoisotopic (exact) mass is 394 g/mol. The topological polar surface area (TPSA) is 105 Å². The van der Waals surface area contributed by atoms with Crippen molar-refractivity contribution in [2.45, 2.75) is 18.2 Å². The number of hydrogen-bond donors (Lipinski definition) is 3. The van der Waals surface area contributed by atoms with Gasteiger partial charge in [0.2, 0.25) is 0 Å². The van der Waals surface area contributed by atoms with Crippen molar-refractivity contribution < 1.29 is 19.4 Å². The van der Waals surface area contributed by atoms with Crippen molar-refractivity contribution in [2.75, 3.05) is 13.6 Å². The number of benzene rings is 2. The van der Waals surface area contributed by atoms with Crippen LogP contribution < -0.4 is 5.73 Å². The zero-order chi connectivity index (χ0) is 20.8. The second-order valence-corrected chi connectivity index (χ2v) is 7.11. The smallest absolute Gasteiger partial charge is 0.269 e. The summed E-state index contributed by atoms with van der Waals surface area (Å²) in [5.41, 5.74) is 5.46. The number of fused-ring (bicyclic) bond motifs is 1. The summed E-state index contributed by atoms with van der Waals surface area (Å²) in [7, 11) is 1.71. The maximum absolute atomic E-state index is 13.8. The number of likely N-dealkylation sites (tertiary alicyclic amines) is 1. The third-order valence-corrected chi connectivity index (χ3v) is 5.08. The number of halogens is 1. The van der Waals surface area contributed by atoms with E-state index in [1.165, 1.54) is 22.9 Å².